The highest BCUT2D eigenvalue weighted by Crippen LogP contribution is 2.30. The van der Waals surface area contributed by atoms with E-state index in [1.807, 2.05) is 49.0 Å². The van der Waals surface area contributed by atoms with E-state index in [1.54, 1.807) is 28.9 Å². The van der Waals surface area contributed by atoms with Crippen molar-refractivity contribution in [1.82, 2.24) is 25.1 Å². The lowest BCUT2D eigenvalue weighted by molar-refractivity contribution is 0.0942. The molecule has 1 amide bonds. The van der Waals surface area contributed by atoms with Gasteiger partial charge in [-0.1, -0.05) is 6.07 Å². The van der Waals surface area contributed by atoms with Gasteiger partial charge in [0.25, 0.3) is 5.91 Å². The first-order chi connectivity index (χ1) is 13.8. The van der Waals surface area contributed by atoms with Gasteiger partial charge in [0, 0.05) is 10.9 Å². The summed E-state index contributed by atoms with van der Waals surface area (Å²) in [6, 6.07) is 5.90. The molecule has 1 unspecified atom stereocenters. The van der Waals surface area contributed by atoms with Crippen molar-refractivity contribution in [2.75, 3.05) is 0 Å². The highest BCUT2D eigenvalue weighted by atomic mass is 32.1. The number of carbonyl (C=O) groups excluding carboxylic acids is 1. The fraction of sp³-hybridized carbons (Fsp3) is 0.333. The van der Waals surface area contributed by atoms with E-state index < -0.39 is 0 Å². The fourth-order valence-corrected chi connectivity index (χ4v) is 5.04. The van der Waals surface area contributed by atoms with Crippen LogP contribution in [-0.4, -0.2) is 25.7 Å². The number of carbonyl (C=O) groups is 1. The number of amides is 1. The smallest absolute Gasteiger partial charge is 0.252 e. The van der Waals surface area contributed by atoms with Crippen LogP contribution in [0.5, 0.6) is 0 Å². The molecule has 1 N–H and O–H groups in total. The Kier molecular flexibility index (Phi) is 5.23. The van der Waals surface area contributed by atoms with Gasteiger partial charge in [0.1, 0.15) is 0 Å². The number of hydrogen-bond donors (Lipinski definition) is 1. The quantitative estimate of drug-likeness (QED) is 0.471. The zero-order valence-electron chi connectivity index (χ0n) is 17.1. The maximum absolute atomic E-state index is 13.3. The molecule has 0 aromatic carbocycles. The third kappa shape index (κ3) is 3.70. The van der Waals surface area contributed by atoms with Gasteiger partial charge >= 0.3 is 0 Å². The van der Waals surface area contributed by atoms with Crippen LogP contribution in [0.15, 0.2) is 29.8 Å². The molecule has 0 bridgehead atoms. The van der Waals surface area contributed by atoms with Crippen molar-refractivity contribution in [1.29, 1.82) is 0 Å². The Morgan fingerprint density at radius 1 is 1.21 bits per heavy atom. The first-order valence-corrected chi connectivity index (χ1v) is 11.2. The average molecular weight is 426 g/mol. The molecule has 0 radical (unpaired) electrons. The number of aromatic nitrogens is 4. The highest BCUT2D eigenvalue weighted by molar-refractivity contribution is 7.13. The molecular weight excluding hydrogens is 402 g/mol. The van der Waals surface area contributed by atoms with Gasteiger partial charge in [-0.15, -0.1) is 22.7 Å². The first-order valence-electron chi connectivity index (χ1n) is 9.52. The van der Waals surface area contributed by atoms with Crippen LogP contribution in [0, 0.1) is 13.8 Å². The summed E-state index contributed by atoms with van der Waals surface area (Å²) in [5.41, 5.74) is 3.08. The highest BCUT2D eigenvalue weighted by Gasteiger charge is 2.21. The zero-order chi connectivity index (χ0) is 20.7. The first kappa shape index (κ1) is 19.7. The SMILES string of the molecule is Cc1nc(C)c(C(C)NC(=O)c2cc(-c3cccs3)nc3c2cnn3C(C)C)s1. The van der Waals surface area contributed by atoms with Crippen LogP contribution < -0.4 is 5.32 Å². The van der Waals surface area contributed by atoms with Crippen molar-refractivity contribution < 1.29 is 4.79 Å². The van der Waals surface area contributed by atoms with Crippen molar-refractivity contribution in [3.05, 3.63) is 50.9 Å². The molecule has 0 aliphatic rings. The maximum Gasteiger partial charge on any atom is 0.252 e. The van der Waals surface area contributed by atoms with Crippen LogP contribution in [0.4, 0.5) is 0 Å². The molecule has 4 heterocycles. The molecule has 4 aromatic rings. The fourth-order valence-electron chi connectivity index (χ4n) is 3.42. The van der Waals surface area contributed by atoms with Crippen molar-refractivity contribution in [2.45, 2.75) is 46.7 Å². The third-order valence-electron chi connectivity index (χ3n) is 4.75. The Morgan fingerprint density at radius 2 is 2.00 bits per heavy atom. The van der Waals surface area contributed by atoms with Gasteiger partial charge in [-0.25, -0.2) is 14.6 Å². The number of aryl methyl sites for hydroxylation is 2. The minimum absolute atomic E-state index is 0.123. The normalized spacial score (nSPS) is 12.6. The summed E-state index contributed by atoms with van der Waals surface area (Å²) < 4.78 is 1.86. The van der Waals surface area contributed by atoms with Crippen LogP contribution in [-0.2, 0) is 0 Å². The summed E-state index contributed by atoms with van der Waals surface area (Å²) >= 11 is 3.23. The van der Waals surface area contributed by atoms with Gasteiger partial charge in [-0.2, -0.15) is 5.10 Å². The Bertz CT molecular complexity index is 1170. The molecule has 0 fully saturated rings. The van der Waals surface area contributed by atoms with E-state index in [4.69, 9.17) is 4.98 Å². The number of thiophene rings is 1. The number of rotatable bonds is 5. The average Bonchev–Trinajstić information content (AvgIpc) is 3.39. The van der Waals surface area contributed by atoms with Gasteiger partial charge in [-0.05, 0) is 52.1 Å². The van der Waals surface area contributed by atoms with Crippen molar-refractivity contribution in [3.63, 3.8) is 0 Å². The van der Waals surface area contributed by atoms with Gasteiger partial charge in [-0.3, -0.25) is 4.79 Å². The van der Waals surface area contributed by atoms with E-state index in [0.29, 0.717) is 5.56 Å². The van der Waals surface area contributed by atoms with Gasteiger partial charge < -0.3 is 5.32 Å². The Balaban J connectivity index is 1.77. The van der Waals surface area contributed by atoms with E-state index in [9.17, 15) is 4.79 Å². The summed E-state index contributed by atoms with van der Waals surface area (Å²) in [6.07, 6.45) is 1.74. The van der Waals surface area contributed by atoms with E-state index in [0.717, 1.165) is 37.2 Å². The molecule has 29 heavy (non-hydrogen) atoms. The van der Waals surface area contributed by atoms with Gasteiger partial charge in [0.2, 0.25) is 0 Å². The molecule has 1 atom stereocenters. The minimum Gasteiger partial charge on any atom is -0.345 e. The molecule has 6 nitrogen and oxygen atoms in total. The molecule has 4 aromatic heterocycles. The maximum atomic E-state index is 13.3. The van der Waals surface area contributed by atoms with Gasteiger partial charge in [0.15, 0.2) is 5.65 Å². The summed E-state index contributed by atoms with van der Waals surface area (Å²) in [5.74, 6) is -0.128. The molecule has 4 rings (SSSR count). The zero-order valence-corrected chi connectivity index (χ0v) is 18.7. The molecular formula is C21H23N5OS2. The number of fused-ring (bicyclic) bond motifs is 1. The number of nitrogens with one attached hydrogen (secondary N) is 1. The van der Waals surface area contributed by atoms with E-state index in [2.05, 4.69) is 29.2 Å². The minimum atomic E-state index is -0.128. The number of pyridine rings is 1. The number of thiazole rings is 1. The number of nitrogens with zero attached hydrogens (tertiary/aromatic N) is 4. The lowest BCUT2D eigenvalue weighted by Crippen LogP contribution is -2.27. The molecule has 0 aliphatic carbocycles. The molecule has 150 valence electrons. The second kappa shape index (κ2) is 7.68. The molecule has 0 saturated carbocycles. The second-order valence-electron chi connectivity index (χ2n) is 7.33. The van der Waals surface area contributed by atoms with Crippen LogP contribution >= 0.6 is 22.7 Å². The summed E-state index contributed by atoms with van der Waals surface area (Å²) in [6.45, 7) is 10.1. The lowest BCUT2D eigenvalue weighted by Gasteiger charge is -2.14. The Morgan fingerprint density at radius 3 is 2.62 bits per heavy atom. The molecule has 0 aliphatic heterocycles. The van der Waals surface area contributed by atoms with E-state index >= 15 is 0 Å². The third-order valence-corrected chi connectivity index (χ3v) is 6.90. The summed E-state index contributed by atoms with van der Waals surface area (Å²) in [4.78, 5) is 24.7. The molecule has 0 spiro atoms. The lowest BCUT2D eigenvalue weighted by atomic mass is 10.1. The monoisotopic (exact) mass is 425 g/mol. The van der Waals surface area contributed by atoms with Crippen LogP contribution in [0.3, 0.4) is 0 Å². The van der Waals surface area contributed by atoms with E-state index in [1.165, 1.54) is 0 Å². The largest absolute Gasteiger partial charge is 0.345 e. The second-order valence-corrected chi connectivity index (χ2v) is 9.51. The van der Waals surface area contributed by atoms with Crippen LogP contribution in [0.1, 0.15) is 58.8 Å². The number of hydrogen-bond acceptors (Lipinski definition) is 6. The van der Waals surface area contributed by atoms with Crippen molar-refractivity contribution in [3.8, 4) is 10.6 Å². The van der Waals surface area contributed by atoms with E-state index in [-0.39, 0.29) is 18.0 Å². The summed E-state index contributed by atoms with van der Waals surface area (Å²) in [5, 5.41) is 11.4. The molecule has 0 saturated heterocycles. The predicted molar refractivity (Wildman–Crippen MR) is 119 cm³/mol. The Hall–Kier alpha value is -2.58. The molecule has 8 heteroatoms. The topological polar surface area (TPSA) is 72.7 Å². The van der Waals surface area contributed by atoms with Crippen LogP contribution in [0.2, 0.25) is 0 Å². The van der Waals surface area contributed by atoms with Gasteiger partial charge in [0.05, 0.1) is 44.5 Å². The van der Waals surface area contributed by atoms with Crippen LogP contribution in [0.25, 0.3) is 21.6 Å². The Labute approximate surface area is 177 Å². The standard InChI is InChI=1S/C21H23N5OS2/c1-11(2)26-20-16(10-22-26)15(9-17(25-20)18-7-6-8-28-18)21(27)24-13(4)19-12(3)23-14(5)29-19/h6-11,13H,1-5H3,(H,24,27). The van der Waals surface area contributed by atoms with Crippen molar-refractivity contribution >= 4 is 39.6 Å². The summed E-state index contributed by atoms with van der Waals surface area (Å²) in [7, 11) is 0. The predicted octanol–water partition coefficient (Wildman–Crippen LogP) is 5.31. The van der Waals surface area contributed by atoms with Crippen molar-refractivity contribution in [2.24, 2.45) is 0 Å².